The third-order valence-corrected chi connectivity index (χ3v) is 3.43. The normalized spacial score (nSPS) is 20.6. The number of esters is 1. The molecule has 1 atom stereocenters. The molecular weight excluding hydrogens is 226 g/mol. The highest BCUT2D eigenvalue weighted by Gasteiger charge is 2.32. The van der Waals surface area contributed by atoms with Gasteiger partial charge in [0, 0.05) is 18.7 Å². The Morgan fingerprint density at radius 2 is 2.19 bits per heavy atom. The lowest BCUT2D eigenvalue weighted by Gasteiger charge is -2.33. The Morgan fingerprint density at radius 1 is 1.44 bits per heavy atom. The number of ether oxygens (including phenoxy) is 1. The van der Waals surface area contributed by atoms with Crippen LogP contribution in [0.2, 0.25) is 0 Å². The average molecular weight is 245 g/mol. The fourth-order valence-electron chi connectivity index (χ4n) is 1.94. The van der Waals surface area contributed by atoms with Gasteiger partial charge in [-0.1, -0.05) is 0 Å². The minimum Gasteiger partial charge on any atom is -0.467 e. The van der Waals surface area contributed by atoms with Crippen LogP contribution in [0.3, 0.4) is 0 Å². The van der Waals surface area contributed by atoms with E-state index in [1.807, 2.05) is 6.26 Å². The minimum absolute atomic E-state index is 0.0736. The quantitative estimate of drug-likeness (QED) is 0.700. The third kappa shape index (κ3) is 3.40. The van der Waals surface area contributed by atoms with E-state index in [0.717, 1.165) is 25.0 Å². The number of hydrogen-bond acceptors (Lipinski definition) is 4. The molecule has 1 saturated heterocycles. The molecule has 1 heterocycles. The van der Waals surface area contributed by atoms with Gasteiger partial charge in [-0.25, -0.2) is 4.79 Å². The van der Waals surface area contributed by atoms with Crippen molar-refractivity contribution >= 4 is 23.6 Å². The maximum absolute atomic E-state index is 11.9. The average Bonchev–Trinajstić information content (AvgIpc) is 2.35. The van der Waals surface area contributed by atoms with Crippen LogP contribution in [0.25, 0.3) is 0 Å². The first-order chi connectivity index (χ1) is 7.70. The number of rotatable bonds is 4. The predicted molar refractivity (Wildman–Crippen MR) is 64.4 cm³/mol. The van der Waals surface area contributed by atoms with Crippen molar-refractivity contribution in [1.82, 2.24) is 4.90 Å². The zero-order valence-electron chi connectivity index (χ0n) is 9.90. The Hall–Kier alpha value is -0.710. The molecule has 0 aromatic carbocycles. The maximum Gasteiger partial charge on any atom is 0.328 e. The van der Waals surface area contributed by atoms with Crippen LogP contribution in [0.5, 0.6) is 0 Å². The maximum atomic E-state index is 11.9. The van der Waals surface area contributed by atoms with Gasteiger partial charge in [0.2, 0.25) is 5.91 Å². The van der Waals surface area contributed by atoms with E-state index < -0.39 is 0 Å². The van der Waals surface area contributed by atoms with E-state index in [9.17, 15) is 9.59 Å². The van der Waals surface area contributed by atoms with Crippen LogP contribution in [0.15, 0.2) is 0 Å². The molecule has 0 bridgehead atoms. The van der Waals surface area contributed by atoms with E-state index in [4.69, 9.17) is 4.74 Å². The number of amides is 1. The van der Waals surface area contributed by atoms with E-state index in [-0.39, 0.29) is 17.9 Å². The van der Waals surface area contributed by atoms with Crippen molar-refractivity contribution in [2.75, 3.05) is 25.7 Å². The number of carbonyl (C=O) groups excluding carboxylic acids is 2. The molecule has 1 aliphatic heterocycles. The Morgan fingerprint density at radius 3 is 2.81 bits per heavy atom. The van der Waals surface area contributed by atoms with Crippen molar-refractivity contribution in [3.8, 4) is 0 Å². The Kier molecular flexibility index (Phi) is 5.66. The van der Waals surface area contributed by atoms with Crippen molar-refractivity contribution in [2.45, 2.75) is 31.7 Å². The fraction of sp³-hybridized carbons (Fsp3) is 0.818. The summed E-state index contributed by atoms with van der Waals surface area (Å²) < 4.78 is 4.74. The van der Waals surface area contributed by atoms with Gasteiger partial charge in [-0.15, -0.1) is 0 Å². The monoisotopic (exact) mass is 245 g/mol. The molecule has 0 radical (unpaired) electrons. The van der Waals surface area contributed by atoms with Crippen LogP contribution in [0.1, 0.15) is 25.7 Å². The summed E-state index contributed by atoms with van der Waals surface area (Å²) in [4.78, 5) is 25.1. The first-order valence-electron chi connectivity index (χ1n) is 5.57. The second kappa shape index (κ2) is 6.78. The van der Waals surface area contributed by atoms with E-state index in [1.165, 1.54) is 7.11 Å². The fourth-order valence-corrected chi connectivity index (χ4v) is 2.32. The summed E-state index contributed by atoms with van der Waals surface area (Å²) in [6.45, 7) is 0.687. The summed E-state index contributed by atoms with van der Waals surface area (Å²) in [7, 11) is 1.38. The molecule has 0 N–H and O–H groups in total. The highest BCUT2D eigenvalue weighted by Crippen LogP contribution is 2.19. The van der Waals surface area contributed by atoms with Crippen molar-refractivity contribution in [2.24, 2.45) is 0 Å². The molecule has 1 fully saturated rings. The van der Waals surface area contributed by atoms with Gasteiger partial charge in [0.05, 0.1) is 7.11 Å². The third-order valence-electron chi connectivity index (χ3n) is 2.82. The van der Waals surface area contributed by atoms with E-state index in [0.29, 0.717) is 13.0 Å². The molecule has 0 spiro atoms. The molecule has 16 heavy (non-hydrogen) atoms. The summed E-state index contributed by atoms with van der Waals surface area (Å²) in [6.07, 6.45) is 5.19. The van der Waals surface area contributed by atoms with Crippen LogP contribution in [-0.2, 0) is 14.3 Å². The number of methoxy groups -OCH3 is 1. The van der Waals surface area contributed by atoms with Crippen molar-refractivity contribution in [1.29, 1.82) is 0 Å². The van der Waals surface area contributed by atoms with Crippen LogP contribution >= 0.6 is 11.8 Å². The molecule has 1 rings (SSSR count). The smallest absolute Gasteiger partial charge is 0.328 e. The number of nitrogens with zero attached hydrogens (tertiary/aromatic N) is 1. The van der Waals surface area contributed by atoms with E-state index in [2.05, 4.69) is 0 Å². The first-order valence-corrected chi connectivity index (χ1v) is 6.96. The van der Waals surface area contributed by atoms with Crippen molar-refractivity contribution < 1.29 is 14.3 Å². The van der Waals surface area contributed by atoms with Gasteiger partial charge in [0.25, 0.3) is 0 Å². The molecule has 5 heteroatoms. The lowest BCUT2D eigenvalue weighted by atomic mass is 10.0. The van der Waals surface area contributed by atoms with Gasteiger partial charge in [0.1, 0.15) is 6.04 Å². The van der Waals surface area contributed by atoms with Crippen molar-refractivity contribution in [3.63, 3.8) is 0 Å². The zero-order valence-corrected chi connectivity index (χ0v) is 10.7. The predicted octanol–water partition coefficient (Wildman–Crippen LogP) is 1.29. The number of likely N-dealkylation sites (tertiary alicyclic amines) is 1. The van der Waals surface area contributed by atoms with E-state index >= 15 is 0 Å². The lowest BCUT2D eigenvalue weighted by Crippen LogP contribution is -2.48. The summed E-state index contributed by atoms with van der Waals surface area (Å²) in [5.74, 6) is 0.602. The second-order valence-electron chi connectivity index (χ2n) is 3.86. The minimum atomic E-state index is -0.354. The van der Waals surface area contributed by atoms with Gasteiger partial charge < -0.3 is 9.64 Å². The number of carbonyl (C=O) groups is 2. The molecule has 1 aliphatic rings. The van der Waals surface area contributed by atoms with Gasteiger partial charge in [-0.3, -0.25) is 4.79 Å². The summed E-state index contributed by atoms with van der Waals surface area (Å²) >= 11 is 1.65. The molecule has 1 amide bonds. The van der Waals surface area contributed by atoms with Crippen LogP contribution in [0.4, 0.5) is 0 Å². The summed E-state index contributed by atoms with van der Waals surface area (Å²) in [5.41, 5.74) is 0. The number of hydrogen-bond donors (Lipinski definition) is 0. The van der Waals surface area contributed by atoms with Gasteiger partial charge in [-0.2, -0.15) is 11.8 Å². The zero-order chi connectivity index (χ0) is 12.0. The Labute approximate surface area is 101 Å². The highest BCUT2D eigenvalue weighted by atomic mass is 32.2. The SMILES string of the molecule is COC(=O)[C@H]1CCCCN1C(=O)CCSC. The molecule has 0 saturated carbocycles. The standard InChI is InChI=1S/C11H19NO3S/c1-15-11(14)9-5-3-4-7-12(9)10(13)6-8-16-2/h9H,3-8H2,1-2H3/t9-/m1/s1. The van der Waals surface area contributed by atoms with Crippen LogP contribution in [0, 0.1) is 0 Å². The molecule has 0 unspecified atom stereocenters. The summed E-state index contributed by atoms with van der Waals surface area (Å²) in [5, 5.41) is 0. The van der Waals surface area contributed by atoms with Crippen molar-refractivity contribution in [3.05, 3.63) is 0 Å². The molecule has 4 nitrogen and oxygen atoms in total. The molecule has 0 aromatic heterocycles. The van der Waals surface area contributed by atoms with E-state index in [1.54, 1.807) is 16.7 Å². The van der Waals surface area contributed by atoms with Gasteiger partial charge in [0.15, 0.2) is 0 Å². The molecular formula is C11H19NO3S. The number of thioether (sulfide) groups is 1. The first kappa shape index (κ1) is 13.4. The van der Waals surface area contributed by atoms with Crippen LogP contribution < -0.4 is 0 Å². The molecule has 0 aliphatic carbocycles. The second-order valence-corrected chi connectivity index (χ2v) is 4.85. The largest absolute Gasteiger partial charge is 0.467 e. The number of piperidine rings is 1. The van der Waals surface area contributed by atoms with Gasteiger partial charge in [-0.05, 0) is 25.5 Å². The topological polar surface area (TPSA) is 46.6 Å². The highest BCUT2D eigenvalue weighted by molar-refractivity contribution is 7.98. The van der Waals surface area contributed by atoms with Crippen LogP contribution in [-0.4, -0.2) is 48.5 Å². The Balaban J connectivity index is 2.59. The molecule has 0 aromatic rings. The lowest BCUT2D eigenvalue weighted by molar-refractivity contribution is -0.154. The molecule has 92 valence electrons. The Bertz CT molecular complexity index is 258. The van der Waals surface area contributed by atoms with Gasteiger partial charge >= 0.3 is 5.97 Å². The summed E-state index contributed by atoms with van der Waals surface area (Å²) in [6, 6.07) is -0.354.